The molecule has 0 amide bonds. The van der Waals surface area contributed by atoms with Gasteiger partial charge >= 0.3 is 5.97 Å². The fraction of sp³-hybridized carbons (Fsp3) is 0.333. The Labute approximate surface area is 62.2 Å². The highest BCUT2D eigenvalue weighted by Gasteiger charge is 2.04. The Balaban J connectivity index is 2.37. The second-order valence-corrected chi connectivity index (χ2v) is 3.30. The van der Waals surface area contributed by atoms with Crippen LogP contribution in [-0.4, -0.2) is 23.8 Å². The molecule has 0 aliphatic carbocycles. The van der Waals surface area contributed by atoms with Crippen molar-refractivity contribution in [1.29, 1.82) is 0 Å². The van der Waals surface area contributed by atoms with Crippen LogP contribution in [-0.2, 0) is 8.98 Å². The highest BCUT2D eigenvalue weighted by atomic mass is 32.2. The molecule has 1 rings (SSSR count). The third-order valence-corrected chi connectivity index (χ3v) is 2.42. The molecule has 3 nitrogen and oxygen atoms in total. The van der Waals surface area contributed by atoms with Crippen LogP contribution in [0.2, 0.25) is 0 Å². The molecule has 0 saturated carbocycles. The highest BCUT2D eigenvalue weighted by molar-refractivity contribution is 8.11. The number of carbonyl (C=O) groups excluding carboxylic acids is 1. The van der Waals surface area contributed by atoms with Crippen LogP contribution in [0.3, 0.4) is 0 Å². The molecule has 10 heavy (non-hydrogen) atoms. The zero-order valence-corrected chi connectivity index (χ0v) is 6.32. The highest BCUT2D eigenvalue weighted by Crippen LogP contribution is 2.14. The van der Waals surface area contributed by atoms with Gasteiger partial charge in [-0.2, -0.15) is 0 Å². The minimum atomic E-state index is -0.344. The molecule has 1 unspecified atom stereocenters. The molecule has 0 spiro atoms. The Bertz CT molecular complexity index is 188. The largest absolute Gasteiger partial charge is 0.396 e. The van der Waals surface area contributed by atoms with E-state index >= 15 is 0 Å². The van der Waals surface area contributed by atoms with Gasteiger partial charge in [-0.25, -0.2) is 4.79 Å². The lowest BCUT2D eigenvalue weighted by Crippen LogP contribution is -2.07. The molecule has 0 saturated heterocycles. The maximum Gasteiger partial charge on any atom is 0.341 e. The fourth-order valence-electron chi connectivity index (χ4n) is 0.573. The summed E-state index contributed by atoms with van der Waals surface area (Å²) in [5.74, 6) is 0.405. The van der Waals surface area contributed by atoms with Crippen molar-refractivity contribution >= 4 is 22.1 Å². The van der Waals surface area contributed by atoms with E-state index in [0.717, 1.165) is 12.4 Å². The van der Waals surface area contributed by atoms with Crippen molar-refractivity contribution in [3.05, 3.63) is 12.7 Å². The Morgan fingerprint density at radius 3 is 3.20 bits per heavy atom. The Morgan fingerprint density at radius 2 is 2.70 bits per heavy atom. The van der Waals surface area contributed by atoms with Gasteiger partial charge in [-0.1, -0.05) is 6.58 Å². The smallest absolute Gasteiger partial charge is 0.341 e. The molecule has 0 fully saturated rings. The van der Waals surface area contributed by atoms with Crippen LogP contribution in [0.5, 0.6) is 0 Å². The number of hydrogen-bond acceptors (Lipinski definition) is 3. The van der Waals surface area contributed by atoms with Crippen LogP contribution < -0.4 is 5.32 Å². The Morgan fingerprint density at radius 1 is 1.90 bits per heavy atom. The lowest BCUT2D eigenvalue weighted by Gasteiger charge is -2.00. The summed E-state index contributed by atoms with van der Waals surface area (Å²) < 4.78 is 4.91. The third-order valence-electron chi connectivity index (χ3n) is 1.01. The topological polar surface area (TPSA) is 38.3 Å². The summed E-state index contributed by atoms with van der Waals surface area (Å²) in [4.78, 5) is 10.6. The van der Waals surface area contributed by atoms with Crippen LogP contribution in [0, 0.1) is 0 Å². The van der Waals surface area contributed by atoms with E-state index in [0.29, 0.717) is 0 Å². The van der Waals surface area contributed by atoms with Gasteiger partial charge < -0.3 is 9.50 Å². The van der Waals surface area contributed by atoms with Crippen LogP contribution in [0.25, 0.3) is 0 Å². The standard InChI is InChI=1S/C6H9NO2S/c1-2-6(8)9-10-4-3-7-5-10/h2,4,7H,1,3,5H2. The van der Waals surface area contributed by atoms with Gasteiger partial charge in [0, 0.05) is 23.4 Å². The third kappa shape index (κ3) is 1.97. The van der Waals surface area contributed by atoms with E-state index in [1.165, 1.54) is 6.08 Å². The average Bonchev–Trinajstić information content (AvgIpc) is 2.40. The first kappa shape index (κ1) is 7.50. The van der Waals surface area contributed by atoms with E-state index < -0.39 is 0 Å². The van der Waals surface area contributed by atoms with E-state index in [2.05, 4.69) is 11.9 Å². The second-order valence-electron chi connectivity index (χ2n) is 1.75. The van der Waals surface area contributed by atoms with Gasteiger partial charge in [-0.15, -0.1) is 0 Å². The zero-order chi connectivity index (χ0) is 7.40. The molecule has 1 N–H and O–H groups in total. The van der Waals surface area contributed by atoms with Gasteiger partial charge in [0.25, 0.3) is 0 Å². The molecule has 0 radical (unpaired) electrons. The van der Waals surface area contributed by atoms with Crippen molar-refractivity contribution in [1.82, 2.24) is 5.32 Å². The molecule has 0 aromatic rings. The molecular weight excluding hydrogens is 150 g/mol. The first-order chi connectivity index (χ1) is 4.83. The van der Waals surface area contributed by atoms with Crippen LogP contribution >= 0.6 is 10.8 Å². The molecule has 4 heteroatoms. The summed E-state index contributed by atoms with van der Waals surface area (Å²) in [6.07, 6.45) is 1.18. The van der Waals surface area contributed by atoms with Crippen molar-refractivity contribution in [2.24, 2.45) is 0 Å². The van der Waals surface area contributed by atoms with Crippen molar-refractivity contribution in [2.45, 2.75) is 0 Å². The summed E-state index contributed by atoms with van der Waals surface area (Å²) in [6, 6.07) is 0. The van der Waals surface area contributed by atoms with E-state index in [1.807, 2.05) is 5.37 Å². The second kappa shape index (κ2) is 3.53. The van der Waals surface area contributed by atoms with Crippen molar-refractivity contribution < 1.29 is 8.98 Å². The lowest BCUT2D eigenvalue weighted by atomic mass is 10.7. The van der Waals surface area contributed by atoms with Crippen molar-refractivity contribution in [2.75, 3.05) is 12.4 Å². The summed E-state index contributed by atoms with van der Waals surface area (Å²) in [7, 11) is -0.314. The minimum absolute atomic E-state index is 0.314. The predicted octanol–water partition coefficient (Wildman–Crippen LogP) is 0.262. The van der Waals surface area contributed by atoms with Gasteiger partial charge in [-0.05, 0) is 5.37 Å². The van der Waals surface area contributed by atoms with E-state index in [1.54, 1.807) is 0 Å². The summed E-state index contributed by atoms with van der Waals surface area (Å²) >= 11 is 0. The van der Waals surface area contributed by atoms with Gasteiger partial charge in [0.05, 0.1) is 5.88 Å². The lowest BCUT2D eigenvalue weighted by molar-refractivity contribution is -0.127. The normalized spacial score (nSPS) is 23.4. The molecular formula is C6H9NO2S. The summed E-state index contributed by atoms with van der Waals surface area (Å²) in [5.41, 5.74) is 0. The number of rotatable bonds is 2. The monoisotopic (exact) mass is 159 g/mol. The Hall–Kier alpha value is -0.610. The van der Waals surface area contributed by atoms with E-state index in [4.69, 9.17) is 4.18 Å². The molecule has 1 aliphatic rings. The van der Waals surface area contributed by atoms with Gasteiger partial charge in [0.2, 0.25) is 0 Å². The minimum Gasteiger partial charge on any atom is -0.396 e. The van der Waals surface area contributed by atoms with Crippen molar-refractivity contribution in [3.63, 3.8) is 0 Å². The molecule has 1 heterocycles. The first-order valence-electron chi connectivity index (χ1n) is 2.91. The first-order valence-corrected chi connectivity index (χ1v) is 4.29. The van der Waals surface area contributed by atoms with Gasteiger partial charge in [0.15, 0.2) is 0 Å². The van der Waals surface area contributed by atoms with E-state index in [-0.39, 0.29) is 16.7 Å². The number of hydrogen-bond donors (Lipinski definition) is 1. The maximum atomic E-state index is 10.6. The number of nitrogens with one attached hydrogen (secondary N) is 1. The molecule has 1 atom stereocenters. The van der Waals surface area contributed by atoms with Gasteiger partial charge in [0.1, 0.15) is 0 Å². The zero-order valence-electron chi connectivity index (χ0n) is 5.50. The van der Waals surface area contributed by atoms with E-state index in [9.17, 15) is 4.79 Å². The molecule has 0 bridgehead atoms. The molecule has 0 aromatic carbocycles. The van der Waals surface area contributed by atoms with Crippen LogP contribution in [0.4, 0.5) is 0 Å². The van der Waals surface area contributed by atoms with Crippen LogP contribution in [0.1, 0.15) is 0 Å². The predicted molar refractivity (Wildman–Crippen MR) is 42.8 cm³/mol. The molecule has 56 valence electrons. The quantitative estimate of drug-likeness (QED) is 0.464. The van der Waals surface area contributed by atoms with Crippen LogP contribution in [0.15, 0.2) is 12.7 Å². The maximum absolute atomic E-state index is 10.6. The molecule has 0 aromatic heterocycles. The van der Waals surface area contributed by atoms with Gasteiger partial charge in [-0.3, -0.25) is 0 Å². The van der Waals surface area contributed by atoms with Crippen molar-refractivity contribution in [3.8, 4) is 0 Å². The number of carbonyl (C=O) groups is 1. The fourth-order valence-corrected chi connectivity index (χ4v) is 1.72. The SMILES string of the molecule is C=CC(=O)OS1=CCNC1. The molecule has 1 aliphatic heterocycles. The summed E-state index contributed by atoms with van der Waals surface area (Å²) in [6.45, 7) is 4.13. The Kier molecular flexibility index (Phi) is 2.65. The average molecular weight is 159 g/mol. The summed E-state index contributed by atoms with van der Waals surface area (Å²) in [5, 5.41) is 4.99.